The van der Waals surface area contributed by atoms with Crippen molar-refractivity contribution in [2.45, 2.75) is 6.92 Å². The standard InChI is InChI=1S/C26H26ClN5O7/c1-16-19(25(33)31(28-16)18-2-3-21(27)20(14-18)26(34)35)12-17-13-24(32(36)37)23(30-6-10-39-11-7-30)15-22(17)29-4-8-38-9-5-29/h2-3,12-15H,4-11H2,1H3,(H,34,35). The Morgan fingerprint density at radius 2 is 1.67 bits per heavy atom. The van der Waals surface area contributed by atoms with Gasteiger partial charge < -0.3 is 24.4 Å². The monoisotopic (exact) mass is 555 g/mol. The molecule has 0 saturated carbocycles. The number of aromatic carboxylic acids is 1. The summed E-state index contributed by atoms with van der Waals surface area (Å²) < 4.78 is 10.9. The summed E-state index contributed by atoms with van der Waals surface area (Å²) in [5, 5.41) is 27.1. The van der Waals surface area contributed by atoms with Gasteiger partial charge in [0.05, 0.1) is 58.9 Å². The van der Waals surface area contributed by atoms with E-state index in [4.69, 9.17) is 21.1 Å². The van der Waals surface area contributed by atoms with Crippen LogP contribution in [-0.2, 0) is 14.3 Å². The summed E-state index contributed by atoms with van der Waals surface area (Å²) in [5.41, 5.74) is 2.40. The van der Waals surface area contributed by atoms with Crippen LogP contribution in [0.4, 0.5) is 22.7 Å². The summed E-state index contributed by atoms with van der Waals surface area (Å²) in [6.45, 7) is 5.87. The Labute approximate surface area is 228 Å². The predicted molar refractivity (Wildman–Crippen MR) is 146 cm³/mol. The number of hydrogen-bond donors (Lipinski definition) is 1. The lowest BCUT2D eigenvalue weighted by Crippen LogP contribution is -2.38. The number of carboxylic acids is 1. The number of hydrazone groups is 1. The van der Waals surface area contributed by atoms with Crippen LogP contribution in [0.25, 0.3) is 6.08 Å². The molecule has 0 atom stereocenters. The fourth-order valence-corrected chi connectivity index (χ4v) is 5.00. The van der Waals surface area contributed by atoms with Crippen LogP contribution in [0.1, 0.15) is 22.8 Å². The first-order chi connectivity index (χ1) is 18.7. The van der Waals surface area contributed by atoms with Crippen LogP contribution in [0, 0.1) is 10.1 Å². The molecule has 3 aliphatic heterocycles. The predicted octanol–water partition coefficient (Wildman–Crippen LogP) is 3.43. The molecule has 2 aromatic rings. The summed E-state index contributed by atoms with van der Waals surface area (Å²) in [5.74, 6) is -1.72. The van der Waals surface area contributed by atoms with Crippen LogP contribution in [0.2, 0.25) is 5.02 Å². The summed E-state index contributed by atoms with van der Waals surface area (Å²) in [4.78, 5) is 40.8. The average molecular weight is 556 g/mol. The maximum Gasteiger partial charge on any atom is 0.337 e. The van der Waals surface area contributed by atoms with E-state index in [9.17, 15) is 24.8 Å². The zero-order chi connectivity index (χ0) is 27.7. The number of carbonyl (C=O) groups excluding carboxylic acids is 1. The van der Waals surface area contributed by atoms with Gasteiger partial charge in [-0.2, -0.15) is 10.1 Å². The number of halogens is 1. The Morgan fingerprint density at radius 1 is 1.05 bits per heavy atom. The molecule has 2 aromatic carbocycles. The Bertz CT molecular complexity index is 1400. The molecule has 1 N–H and O–H groups in total. The van der Waals surface area contributed by atoms with Gasteiger partial charge in [-0.15, -0.1) is 0 Å². The average Bonchev–Trinajstić information content (AvgIpc) is 3.22. The van der Waals surface area contributed by atoms with Crippen molar-refractivity contribution in [3.63, 3.8) is 0 Å². The van der Waals surface area contributed by atoms with Crippen LogP contribution >= 0.6 is 11.6 Å². The number of anilines is 3. The lowest BCUT2D eigenvalue weighted by Gasteiger charge is -2.33. The van der Waals surface area contributed by atoms with E-state index in [2.05, 4.69) is 10.0 Å². The molecule has 3 aliphatic rings. The van der Waals surface area contributed by atoms with Crippen molar-refractivity contribution in [2.24, 2.45) is 5.10 Å². The molecule has 3 heterocycles. The molecule has 5 rings (SSSR count). The minimum atomic E-state index is -1.23. The Hall–Kier alpha value is -4.00. The second-order valence-electron chi connectivity index (χ2n) is 9.19. The third-order valence-electron chi connectivity index (χ3n) is 6.81. The number of carboxylic acid groups (broad SMARTS) is 1. The van der Waals surface area contributed by atoms with Gasteiger partial charge in [-0.1, -0.05) is 11.6 Å². The molecular weight excluding hydrogens is 530 g/mol. The molecule has 2 fully saturated rings. The van der Waals surface area contributed by atoms with Gasteiger partial charge >= 0.3 is 5.97 Å². The van der Waals surface area contributed by atoms with Crippen molar-refractivity contribution in [3.05, 3.63) is 62.2 Å². The lowest BCUT2D eigenvalue weighted by molar-refractivity contribution is -0.384. The topological polar surface area (TPSA) is 138 Å². The molecule has 0 radical (unpaired) electrons. The smallest absolute Gasteiger partial charge is 0.337 e. The van der Waals surface area contributed by atoms with Gasteiger partial charge in [-0.3, -0.25) is 14.9 Å². The van der Waals surface area contributed by atoms with Gasteiger partial charge in [-0.05, 0) is 37.3 Å². The Morgan fingerprint density at radius 3 is 2.26 bits per heavy atom. The maximum absolute atomic E-state index is 13.5. The summed E-state index contributed by atoms with van der Waals surface area (Å²) in [6, 6.07) is 7.49. The molecule has 204 valence electrons. The van der Waals surface area contributed by atoms with Crippen LogP contribution in [0.5, 0.6) is 0 Å². The van der Waals surface area contributed by atoms with E-state index in [1.807, 2.05) is 11.0 Å². The SMILES string of the molecule is CC1=NN(c2ccc(Cl)c(C(=O)O)c2)C(=O)C1=Cc1cc([N+](=O)[O-])c(N2CCOCC2)cc1N1CCOCC1. The van der Waals surface area contributed by atoms with Crippen LogP contribution in [-0.4, -0.2) is 80.2 Å². The van der Waals surface area contributed by atoms with Gasteiger partial charge in [0.2, 0.25) is 0 Å². The number of rotatable bonds is 6. The fourth-order valence-electron chi connectivity index (χ4n) is 4.80. The van der Waals surface area contributed by atoms with Crippen LogP contribution in [0.15, 0.2) is 41.0 Å². The van der Waals surface area contributed by atoms with Gasteiger partial charge in [0.25, 0.3) is 11.6 Å². The highest BCUT2D eigenvalue weighted by atomic mass is 35.5. The highest BCUT2D eigenvalue weighted by Crippen LogP contribution is 2.38. The van der Waals surface area contributed by atoms with Crippen molar-refractivity contribution in [1.29, 1.82) is 0 Å². The lowest BCUT2D eigenvalue weighted by atomic mass is 10.0. The van der Waals surface area contributed by atoms with Crippen molar-refractivity contribution in [1.82, 2.24) is 0 Å². The quantitative estimate of drug-likeness (QED) is 0.323. The van der Waals surface area contributed by atoms with Crippen molar-refractivity contribution in [3.8, 4) is 0 Å². The summed E-state index contributed by atoms with van der Waals surface area (Å²) >= 11 is 5.99. The largest absolute Gasteiger partial charge is 0.478 e. The van der Waals surface area contributed by atoms with Gasteiger partial charge in [0.15, 0.2) is 0 Å². The number of benzene rings is 2. The maximum atomic E-state index is 13.5. The molecule has 0 aliphatic carbocycles. The van der Waals surface area contributed by atoms with Crippen molar-refractivity contribution in [2.75, 3.05) is 67.4 Å². The normalized spacial score (nSPS) is 19.0. The number of nitrogens with zero attached hydrogens (tertiary/aromatic N) is 5. The second kappa shape index (κ2) is 11.0. The van der Waals surface area contributed by atoms with E-state index >= 15 is 0 Å². The fraction of sp³-hybridized carbons (Fsp3) is 0.346. The molecule has 2 saturated heterocycles. The van der Waals surface area contributed by atoms with E-state index in [1.165, 1.54) is 24.3 Å². The summed E-state index contributed by atoms with van der Waals surface area (Å²) in [7, 11) is 0. The number of hydrogen-bond acceptors (Lipinski definition) is 9. The molecule has 0 unspecified atom stereocenters. The minimum Gasteiger partial charge on any atom is -0.478 e. The number of morpholine rings is 2. The van der Waals surface area contributed by atoms with Crippen LogP contribution < -0.4 is 14.8 Å². The number of carbonyl (C=O) groups is 2. The van der Waals surface area contributed by atoms with E-state index in [1.54, 1.807) is 13.0 Å². The van der Waals surface area contributed by atoms with E-state index in [-0.39, 0.29) is 27.5 Å². The number of amides is 1. The van der Waals surface area contributed by atoms with Gasteiger partial charge in [0, 0.05) is 43.5 Å². The van der Waals surface area contributed by atoms with E-state index in [0.29, 0.717) is 69.6 Å². The van der Waals surface area contributed by atoms with Gasteiger partial charge in [-0.25, -0.2) is 4.79 Å². The molecule has 12 nitrogen and oxygen atoms in total. The van der Waals surface area contributed by atoms with Crippen molar-refractivity contribution >= 4 is 58.0 Å². The minimum absolute atomic E-state index is 0.0391. The molecule has 0 aromatic heterocycles. The molecular formula is C26H26ClN5O7. The second-order valence-corrected chi connectivity index (χ2v) is 9.59. The van der Waals surface area contributed by atoms with Crippen LogP contribution in [0.3, 0.4) is 0 Å². The zero-order valence-corrected chi connectivity index (χ0v) is 21.9. The number of nitro groups is 1. The third kappa shape index (κ3) is 5.31. The van der Waals surface area contributed by atoms with E-state index < -0.39 is 16.8 Å². The first-order valence-corrected chi connectivity index (χ1v) is 12.7. The molecule has 0 spiro atoms. The first kappa shape index (κ1) is 26.6. The highest BCUT2D eigenvalue weighted by molar-refractivity contribution is 6.34. The first-order valence-electron chi connectivity index (χ1n) is 12.4. The number of nitro benzene ring substituents is 1. The molecule has 1 amide bonds. The summed E-state index contributed by atoms with van der Waals surface area (Å²) in [6.07, 6.45) is 1.61. The molecule has 39 heavy (non-hydrogen) atoms. The third-order valence-corrected chi connectivity index (χ3v) is 7.14. The Kier molecular flexibility index (Phi) is 7.51. The molecule has 0 bridgehead atoms. The Balaban J connectivity index is 1.58. The number of ether oxygens (including phenoxy) is 2. The van der Waals surface area contributed by atoms with Gasteiger partial charge in [0.1, 0.15) is 5.69 Å². The highest BCUT2D eigenvalue weighted by Gasteiger charge is 2.32. The molecule has 13 heteroatoms. The zero-order valence-electron chi connectivity index (χ0n) is 21.1. The van der Waals surface area contributed by atoms with Crippen molar-refractivity contribution < 1.29 is 29.1 Å². The van der Waals surface area contributed by atoms with E-state index in [0.717, 1.165) is 10.7 Å².